The molecule has 1 rings (SSSR count). The first-order chi connectivity index (χ1) is 8.03. The van der Waals surface area contributed by atoms with Gasteiger partial charge in [-0.15, -0.1) is 0 Å². The monoisotopic (exact) mass is 244 g/mol. The average molecular weight is 244 g/mol. The molecule has 0 aliphatic carbocycles. The van der Waals surface area contributed by atoms with E-state index in [9.17, 15) is 5.11 Å². The van der Waals surface area contributed by atoms with Gasteiger partial charge in [-0.05, 0) is 52.4 Å². The van der Waals surface area contributed by atoms with E-state index in [1.807, 2.05) is 6.92 Å². The fraction of sp³-hybridized carbons (Fsp3) is 1.00. The highest BCUT2D eigenvalue weighted by Gasteiger charge is 2.21. The highest BCUT2D eigenvalue weighted by molar-refractivity contribution is 4.77. The number of hydrogen-bond acceptors (Lipinski definition) is 4. The maximum atomic E-state index is 10.1. The summed E-state index contributed by atoms with van der Waals surface area (Å²) in [6, 6.07) is 0. The Morgan fingerprint density at radius 2 is 2.06 bits per heavy atom. The van der Waals surface area contributed by atoms with Crippen molar-refractivity contribution >= 4 is 0 Å². The average Bonchev–Trinajstić information content (AvgIpc) is 2.29. The fourth-order valence-electron chi connectivity index (χ4n) is 2.22. The first-order valence-electron chi connectivity index (χ1n) is 6.64. The molecule has 1 aliphatic rings. The van der Waals surface area contributed by atoms with Crippen LogP contribution < -0.4 is 5.32 Å². The third-order valence-electron chi connectivity index (χ3n) is 3.62. The molecule has 0 aromatic rings. The van der Waals surface area contributed by atoms with E-state index in [0.29, 0.717) is 19.6 Å². The van der Waals surface area contributed by atoms with Gasteiger partial charge in [-0.25, -0.2) is 0 Å². The van der Waals surface area contributed by atoms with Crippen LogP contribution in [0.4, 0.5) is 0 Å². The lowest BCUT2D eigenvalue weighted by atomic mass is 9.96. The van der Waals surface area contributed by atoms with Gasteiger partial charge in [0.2, 0.25) is 0 Å². The molecule has 1 unspecified atom stereocenters. The summed E-state index contributed by atoms with van der Waals surface area (Å²) in [5, 5.41) is 13.5. The lowest BCUT2D eigenvalue weighted by Gasteiger charge is -2.30. The normalized spacial score (nSPS) is 22.6. The Bertz CT molecular complexity index is 202. The van der Waals surface area contributed by atoms with Crippen molar-refractivity contribution in [2.24, 2.45) is 5.92 Å². The van der Waals surface area contributed by atoms with E-state index in [4.69, 9.17) is 4.74 Å². The van der Waals surface area contributed by atoms with Crippen LogP contribution in [0.5, 0.6) is 0 Å². The summed E-state index contributed by atoms with van der Waals surface area (Å²) in [6.45, 7) is 6.56. The molecule has 0 amide bonds. The number of methoxy groups -OCH3 is 1. The van der Waals surface area contributed by atoms with Crippen LogP contribution in [0, 0.1) is 5.92 Å². The third kappa shape index (κ3) is 6.36. The van der Waals surface area contributed by atoms with Gasteiger partial charge in [-0.3, -0.25) is 0 Å². The fourth-order valence-corrected chi connectivity index (χ4v) is 2.22. The van der Waals surface area contributed by atoms with E-state index in [1.165, 1.54) is 25.9 Å². The molecule has 1 atom stereocenters. The minimum Gasteiger partial charge on any atom is -0.389 e. The van der Waals surface area contributed by atoms with E-state index in [0.717, 1.165) is 12.5 Å². The smallest absolute Gasteiger partial charge is 0.0765 e. The Labute approximate surface area is 105 Å². The predicted octanol–water partition coefficient (Wildman–Crippen LogP) is 0.705. The molecule has 0 bridgehead atoms. The summed E-state index contributed by atoms with van der Waals surface area (Å²) in [4.78, 5) is 2.38. The van der Waals surface area contributed by atoms with E-state index >= 15 is 0 Å². The molecule has 2 N–H and O–H groups in total. The van der Waals surface area contributed by atoms with Gasteiger partial charge in [0.25, 0.3) is 0 Å². The number of hydrogen-bond donors (Lipinski definition) is 2. The summed E-state index contributed by atoms with van der Waals surface area (Å²) in [5.41, 5.74) is -0.651. The SMILES string of the molecule is COCCC(C)(O)CNCC1CCN(C)CC1. The highest BCUT2D eigenvalue weighted by Crippen LogP contribution is 2.15. The van der Waals surface area contributed by atoms with Gasteiger partial charge in [0.1, 0.15) is 0 Å². The van der Waals surface area contributed by atoms with Crippen molar-refractivity contribution < 1.29 is 9.84 Å². The topological polar surface area (TPSA) is 44.7 Å². The van der Waals surface area contributed by atoms with Crippen LogP contribution in [-0.2, 0) is 4.74 Å². The summed E-state index contributed by atoms with van der Waals surface area (Å²) in [7, 11) is 3.85. The van der Waals surface area contributed by atoms with Crippen molar-refractivity contribution in [3.63, 3.8) is 0 Å². The molecule has 0 radical (unpaired) electrons. The second kappa shape index (κ2) is 7.31. The van der Waals surface area contributed by atoms with Gasteiger partial charge in [-0.1, -0.05) is 0 Å². The molecule has 102 valence electrons. The molecule has 1 heterocycles. The van der Waals surface area contributed by atoms with Gasteiger partial charge >= 0.3 is 0 Å². The van der Waals surface area contributed by atoms with E-state index < -0.39 is 5.60 Å². The van der Waals surface area contributed by atoms with Crippen molar-refractivity contribution in [3.05, 3.63) is 0 Å². The zero-order chi connectivity index (χ0) is 12.7. The molecular formula is C13H28N2O2. The number of ether oxygens (including phenoxy) is 1. The van der Waals surface area contributed by atoms with E-state index in [-0.39, 0.29) is 0 Å². The predicted molar refractivity (Wildman–Crippen MR) is 70.2 cm³/mol. The Morgan fingerprint density at radius 1 is 1.41 bits per heavy atom. The van der Waals surface area contributed by atoms with Gasteiger partial charge in [0.15, 0.2) is 0 Å². The largest absolute Gasteiger partial charge is 0.389 e. The van der Waals surface area contributed by atoms with Gasteiger partial charge in [0, 0.05) is 26.7 Å². The number of nitrogens with one attached hydrogen (secondary N) is 1. The molecule has 1 saturated heterocycles. The van der Waals surface area contributed by atoms with Gasteiger partial charge in [0.05, 0.1) is 5.60 Å². The third-order valence-corrected chi connectivity index (χ3v) is 3.62. The van der Waals surface area contributed by atoms with Crippen molar-refractivity contribution in [2.75, 3.05) is 46.9 Å². The van der Waals surface area contributed by atoms with Crippen molar-refractivity contribution in [1.82, 2.24) is 10.2 Å². The minimum atomic E-state index is -0.651. The van der Waals surface area contributed by atoms with E-state index in [2.05, 4.69) is 17.3 Å². The molecule has 4 nitrogen and oxygen atoms in total. The molecular weight excluding hydrogens is 216 g/mol. The number of nitrogens with zero attached hydrogens (tertiary/aromatic N) is 1. The molecule has 0 saturated carbocycles. The summed E-state index contributed by atoms with van der Waals surface area (Å²) in [6.07, 6.45) is 3.22. The quantitative estimate of drug-likeness (QED) is 0.692. The zero-order valence-corrected chi connectivity index (χ0v) is 11.5. The summed E-state index contributed by atoms with van der Waals surface area (Å²) in [5.74, 6) is 0.768. The number of rotatable bonds is 7. The summed E-state index contributed by atoms with van der Waals surface area (Å²) >= 11 is 0. The van der Waals surface area contributed by atoms with Crippen LogP contribution >= 0.6 is 0 Å². The highest BCUT2D eigenvalue weighted by atomic mass is 16.5. The summed E-state index contributed by atoms with van der Waals surface area (Å²) < 4.78 is 4.99. The maximum Gasteiger partial charge on any atom is 0.0765 e. The molecule has 1 fully saturated rings. The first-order valence-corrected chi connectivity index (χ1v) is 6.64. The molecule has 17 heavy (non-hydrogen) atoms. The molecule has 0 aromatic heterocycles. The van der Waals surface area contributed by atoms with Gasteiger partial charge < -0.3 is 20.1 Å². The van der Waals surface area contributed by atoms with Crippen molar-refractivity contribution in [3.8, 4) is 0 Å². The first kappa shape index (κ1) is 14.9. The Morgan fingerprint density at radius 3 is 2.65 bits per heavy atom. The van der Waals surface area contributed by atoms with Gasteiger partial charge in [-0.2, -0.15) is 0 Å². The number of aliphatic hydroxyl groups is 1. The molecule has 1 aliphatic heterocycles. The second-order valence-corrected chi connectivity index (χ2v) is 5.62. The molecule has 0 aromatic carbocycles. The van der Waals surface area contributed by atoms with Crippen LogP contribution in [-0.4, -0.2) is 62.6 Å². The maximum absolute atomic E-state index is 10.1. The molecule has 4 heteroatoms. The van der Waals surface area contributed by atoms with Crippen LogP contribution in [0.3, 0.4) is 0 Å². The Kier molecular flexibility index (Phi) is 6.41. The lowest BCUT2D eigenvalue weighted by molar-refractivity contribution is 0.0238. The lowest BCUT2D eigenvalue weighted by Crippen LogP contribution is -2.42. The Hall–Kier alpha value is -0.160. The van der Waals surface area contributed by atoms with E-state index in [1.54, 1.807) is 7.11 Å². The second-order valence-electron chi connectivity index (χ2n) is 5.62. The zero-order valence-electron chi connectivity index (χ0n) is 11.5. The van der Waals surface area contributed by atoms with Crippen LogP contribution in [0.2, 0.25) is 0 Å². The van der Waals surface area contributed by atoms with Crippen LogP contribution in [0.1, 0.15) is 26.2 Å². The Balaban J connectivity index is 2.10. The standard InChI is InChI=1S/C13H28N2O2/c1-13(16,6-9-17-3)11-14-10-12-4-7-15(2)8-5-12/h12,14,16H,4-11H2,1-3H3. The number of piperidine rings is 1. The van der Waals surface area contributed by atoms with Crippen molar-refractivity contribution in [1.29, 1.82) is 0 Å². The van der Waals surface area contributed by atoms with Crippen molar-refractivity contribution in [2.45, 2.75) is 31.8 Å². The van der Waals surface area contributed by atoms with Crippen LogP contribution in [0.25, 0.3) is 0 Å². The molecule has 0 spiro atoms. The minimum absolute atomic E-state index is 0.614. The number of likely N-dealkylation sites (tertiary alicyclic amines) is 1. The van der Waals surface area contributed by atoms with Crippen LogP contribution in [0.15, 0.2) is 0 Å².